The van der Waals surface area contributed by atoms with Crippen molar-refractivity contribution in [3.8, 4) is 0 Å². The molecule has 0 radical (unpaired) electrons. The van der Waals surface area contributed by atoms with Crippen LogP contribution in [0.15, 0.2) is 6.33 Å². The maximum Gasteiger partial charge on any atom is 0.268 e. The van der Waals surface area contributed by atoms with Crippen LogP contribution in [0.1, 0.15) is 11.7 Å². The fourth-order valence-electron chi connectivity index (χ4n) is 0.724. The number of halogens is 4. The summed E-state index contributed by atoms with van der Waals surface area (Å²) in [6.45, 7) is 0. The highest BCUT2D eigenvalue weighted by atomic mass is 35.5. The van der Waals surface area contributed by atoms with E-state index in [1.54, 1.807) is 0 Å². The SMILES string of the molecule is OC(c1c(Cl)ncnc1Cl)C(F)F. The molecule has 72 valence electrons. The monoisotopic (exact) mass is 228 g/mol. The molecule has 7 heteroatoms. The number of hydrogen-bond donors (Lipinski definition) is 1. The molecule has 0 spiro atoms. The zero-order chi connectivity index (χ0) is 10.0. The van der Waals surface area contributed by atoms with E-state index < -0.39 is 12.5 Å². The molecule has 1 atom stereocenters. The van der Waals surface area contributed by atoms with Crippen molar-refractivity contribution in [2.45, 2.75) is 12.5 Å². The number of aliphatic hydroxyl groups is 1. The highest BCUT2D eigenvalue weighted by Crippen LogP contribution is 2.30. The second kappa shape index (κ2) is 4.13. The van der Waals surface area contributed by atoms with E-state index in [1.165, 1.54) is 0 Å². The summed E-state index contributed by atoms with van der Waals surface area (Å²) in [6, 6.07) is 0. The summed E-state index contributed by atoms with van der Waals surface area (Å²) in [5.41, 5.74) is -0.346. The van der Waals surface area contributed by atoms with Crippen molar-refractivity contribution in [2.24, 2.45) is 0 Å². The summed E-state index contributed by atoms with van der Waals surface area (Å²) in [5, 5.41) is 8.42. The number of aromatic nitrogens is 2. The Balaban J connectivity index is 3.12. The molecule has 1 heterocycles. The van der Waals surface area contributed by atoms with E-state index in [9.17, 15) is 8.78 Å². The molecule has 0 fully saturated rings. The molecular weight excluding hydrogens is 225 g/mol. The number of nitrogens with zero attached hydrogens (tertiary/aromatic N) is 2. The van der Waals surface area contributed by atoms with Crippen molar-refractivity contribution in [1.82, 2.24) is 9.97 Å². The normalized spacial score (nSPS) is 13.4. The molecule has 1 aromatic rings. The van der Waals surface area contributed by atoms with Gasteiger partial charge in [0.1, 0.15) is 22.7 Å². The van der Waals surface area contributed by atoms with Crippen LogP contribution in [0.5, 0.6) is 0 Å². The van der Waals surface area contributed by atoms with Gasteiger partial charge in [-0.1, -0.05) is 23.2 Å². The van der Waals surface area contributed by atoms with Crippen LogP contribution in [0, 0.1) is 0 Å². The topological polar surface area (TPSA) is 46.0 Å². The summed E-state index contributed by atoms with van der Waals surface area (Å²) < 4.78 is 24.1. The highest BCUT2D eigenvalue weighted by Gasteiger charge is 2.25. The molecule has 0 aromatic carbocycles. The smallest absolute Gasteiger partial charge is 0.268 e. The molecule has 0 aliphatic carbocycles. The van der Waals surface area contributed by atoms with E-state index in [-0.39, 0.29) is 15.9 Å². The number of hydrogen-bond acceptors (Lipinski definition) is 3. The second-order valence-electron chi connectivity index (χ2n) is 2.15. The highest BCUT2D eigenvalue weighted by molar-refractivity contribution is 6.34. The van der Waals surface area contributed by atoms with Gasteiger partial charge in [-0.2, -0.15) is 0 Å². The maximum atomic E-state index is 12.1. The molecule has 0 aliphatic rings. The molecular formula is C6H4Cl2F2N2O. The predicted octanol–water partition coefficient (Wildman–Crippen LogP) is 2.08. The van der Waals surface area contributed by atoms with Crippen LogP contribution < -0.4 is 0 Å². The Hall–Kier alpha value is -0.520. The first-order valence-electron chi connectivity index (χ1n) is 3.16. The largest absolute Gasteiger partial charge is 0.382 e. The van der Waals surface area contributed by atoms with Crippen LogP contribution in [0.25, 0.3) is 0 Å². The Bertz CT molecular complexity index is 290. The molecule has 0 saturated carbocycles. The summed E-state index contributed by atoms with van der Waals surface area (Å²) in [5.74, 6) is 0. The van der Waals surface area contributed by atoms with Crippen LogP contribution >= 0.6 is 23.2 Å². The van der Waals surface area contributed by atoms with Crippen molar-refractivity contribution >= 4 is 23.2 Å². The molecule has 0 aliphatic heterocycles. The van der Waals surface area contributed by atoms with Crippen molar-refractivity contribution in [2.75, 3.05) is 0 Å². The van der Waals surface area contributed by atoms with Crippen LogP contribution in [0.3, 0.4) is 0 Å². The van der Waals surface area contributed by atoms with Crippen LogP contribution in [0.2, 0.25) is 10.3 Å². The van der Waals surface area contributed by atoms with E-state index in [2.05, 4.69) is 9.97 Å². The lowest BCUT2D eigenvalue weighted by Gasteiger charge is -2.11. The van der Waals surface area contributed by atoms with Gasteiger partial charge in [0.2, 0.25) is 0 Å². The van der Waals surface area contributed by atoms with E-state index in [1.807, 2.05) is 0 Å². The maximum absolute atomic E-state index is 12.1. The fourth-order valence-corrected chi connectivity index (χ4v) is 1.26. The molecule has 1 unspecified atom stereocenters. The van der Waals surface area contributed by atoms with Crippen molar-refractivity contribution < 1.29 is 13.9 Å². The van der Waals surface area contributed by atoms with Gasteiger partial charge in [0, 0.05) is 0 Å². The first kappa shape index (κ1) is 10.6. The van der Waals surface area contributed by atoms with Gasteiger partial charge in [-0.25, -0.2) is 18.7 Å². The molecule has 3 nitrogen and oxygen atoms in total. The first-order chi connectivity index (χ1) is 6.04. The number of alkyl halides is 2. The van der Waals surface area contributed by atoms with Crippen molar-refractivity contribution in [1.29, 1.82) is 0 Å². The lowest BCUT2D eigenvalue weighted by Crippen LogP contribution is -2.10. The molecule has 1 rings (SSSR count). The molecule has 1 N–H and O–H groups in total. The van der Waals surface area contributed by atoms with E-state index in [0.29, 0.717) is 0 Å². The van der Waals surface area contributed by atoms with Gasteiger partial charge >= 0.3 is 0 Å². The van der Waals surface area contributed by atoms with Gasteiger partial charge in [-0.15, -0.1) is 0 Å². The third kappa shape index (κ3) is 2.24. The van der Waals surface area contributed by atoms with Gasteiger partial charge in [0.05, 0.1) is 5.56 Å². The first-order valence-corrected chi connectivity index (χ1v) is 3.91. The Morgan fingerprint density at radius 2 is 1.69 bits per heavy atom. The summed E-state index contributed by atoms with van der Waals surface area (Å²) in [4.78, 5) is 6.84. The minimum absolute atomic E-state index is 0.271. The summed E-state index contributed by atoms with van der Waals surface area (Å²) >= 11 is 10.9. The third-order valence-electron chi connectivity index (χ3n) is 1.32. The number of rotatable bonds is 2. The van der Waals surface area contributed by atoms with Crippen LogP contribution in [0.4, 0.5) is 8.78 Å². The van der Waals surface area contributed by atoms with Gasteiger partial charge in [-0.3, -0.25) is 0 Å². The molecule has 13 heavy (non-hydrogen) atoms. The zero-order valence-electron chi connectivity index (χ0n) is 6.09. The zero-order valence-corrected chi connectivity index (χ0v) is 7.60. The second-order valence-corrected chi connectivity index (χ2v) is 2.86. The average Bonchev–Trinajstić information content (AvgIpc) is 2.03. The molecule has 0 bridgehead atoms. The quantitative estimate of drug-likeness (QED) is 0.789. The van der Waals surface area contributed by atoms with Crippen molar-refractivity contribution in [3.05, 3.63) is 22.2 Å². The Morgan fingerprint density at radius 1 is 1.23 bits per heavy atom. The fraction of sp³-hybridized carbons (Fsp3) is 0.333. The van der Waals surface area contributed by atoms with Gasteiger partial charge in [0.15, 0.2) is 0 Å². The van der Waals surface area contributed by atoms with Crippen LogP contribution in [-0.4, -0.2) is 21.5 Å². The van der Waals surface area contributed by atoms with E-state index in [0.717, 1.165) is 6.33 Å². The van der Waals surface area contributed by atoms with E-state index >= 15 is 0 Å². The lowest BCUT2D eigenvalue weighted by molar-refractivity contribution is -0.00604. The minimum Gasteiger partial charge on any atom is -0.382 e. The van der Waals surface area contributed by atoms with Crippen LogP contribution in [-0.2, 0) is 0 Å². The van der Waals surface area contributed by atoms with Gasteiger partial charge in [0.25, 0.3) is 6.43 Å². The van der Waals surface area contributed by atoms with Gasteiger partial charge in [-0.05, 0) is 0 Å². The summed E-state index contributed by atoms with van der Waals surface area (Å²) in [7, 11) is 0. The Kier molecular flexibility index (Phi) is 3.35. The standard InChI is InChI=1S/C6H4Cl2F2N2O/c7-4-2(3(13)6(9)10)5(8)12-1-11-4/h1,3,6,13H. The number of aliphatic hydroxyl groups excluding tert-OH is 1. The molecule has 0 amide bonds. The molecule has 0 saturated heterocycles. The third-order valence-corrected chi connectivity index (χ3v) is 1.92. The summed E-state index contributed by atoms with van der Waals surface area (Å²) in [6.07, 6.45) is -4.01. The Morgan fingerprint density at radius 3 is 2.08 bits per heavy atom. The predicted molar refractivity (Wildman–Crippen MR) is 43.0 cm³/mol. The minimum atomic E-state index is -2.97. The molecule has 1 aromatic heterocycles. The van der Waals surface area contributed by atoms with Crippen molar-refractivity contribution in [3.63, 3.8) is 0 Å². The lowest BCUT2D eigenvalue weighted by atomic mass is 10.2. The Labute approximate surface area is 82.3 Å². The van der Waals surface area contributed by atoms with E-state index in [4.69, 9.17) is 28.3 Å². The average molecular weight is 229 g/mol. The van der Waals surface area contributed by atoms with Gasteiger partial charge < -0.3 is 5.11 Å².